The molecule has 5 rings (SSSR count). The van der Waals surface area contributed by atoms with Crippen LogP contribution in [-0.4, -0.2) is 20.7 Å². The number of hydrogen-bond acceptors (Lipinski definition) is 4. The maximum Gasteiger partial charge on any atom is 0.250 e. The molecule has 0 aliphatic carbocycles. The first-order valence-electron chi connectivity index (χ1n) is 10.5. The number of aromatic nitrogens is 3. The number of benzene rings is 3. The Balaban J connectivity index is 1.53. The van der Waals surface area contributed by atoms with Crippen molar-refractivity contribution in [3.05, 3.63) is 77.6 Å². The van der Waals surface area contributed by atoms with E-state index in [1.807, 2.05) is 31.2 Å². The summed E-state index contributed by atoms with van der Waals surface area (Å²) in [5, 5.41) is 7.64. The van der Waals surface area contributed by atoms with Crippen LogP contribution >= 0.6 is 34.8 Å². The summed E-state index contributed by atoms with van der Waals surface area (Å²) < 4.78 is 0.579. The third-order valence-corrected chi connectivity index (χ3v) is 6.11. The Morgan fingerprint density at radius 3 is 2.52 bits per heavy atom. The number of fused-ring (bicyclic) bond motifs is 4. The molecule has 0 bridgehead atoms. The molecule has 0 radical (unpaired) electrons. The summed E-state index contributed by atoms with van der Waals surface area (Å²) in [6.07, 6.45) is 1.76. The van der Waals surface area contributed by atoms with Crippen LogP contribution in [0.5, 0.6) is 0 Å². The second kappa shape index (κ2) is 8.49. The fourth-order valence-electron chi connectivity index (χ4n) is 4.11. The van der Waals surface area contributed by atoms with Gasteiger partial charge in [-0.25, -0.2) is 9.97 Å². The summed E-state index contributed by atoms with van der Waals surface area (Å²) in [5.41, 5.74) is 8.14. The normalized spacial score (nSPS) is 12.4. The molecule has 166 valence electrons. The van der Waals surface area contributed by atoms with Crippen molar-refractivity contribution >= 4 is 79.5 Å². The lowest BCUT2D eigenvalue weighted by atomic mass is 10.1. The van der Waals surface area contributed by atoms with E-state index in [4.69, 9.17) is 34.8 Å². The van der Waals surface area contributed by atoms with Crippen molar-refractivity contribution < 1.29 is 0 Å². The SMILES string of the molecule is CCn1c2ccccc2c2cc(/C=N/Nc3nc(C(Cl)(Cl)Cl)nc4ccc(C)cc34)ccc21. The van der Waals surface area contributed by atoms with Crippen molar-refractivity contribution in [3.63, 3.8) is 0 Å². The van der Waals surface area contributed by atoms with Crippen molar-refractivity contribution in [2.75, 3.05) is 5.43 Å². The van der Waals surface area contributed by atoms with Crippen LogP contribution in [0, 0.1) is 6.92 Å². The Bertz CT molecular complexity index is 1530. The maximum atomic E-state index is 6.05. The number of nitrogens with zero attached hydrogens (tertiary/aromatic N) is 4. The molecule has 8 heteroatoms. The number of rotatable bonds is 4. The Morgan fingerprint density at radius 1 is 0.939 bits per heavy atom. The number of alkyl halides is 3. The number of nitrogens with one attached hydrogen (secondary N) is 1. The lowest BCUT2D eigenvalue weighted by Crippen LogP contribution is -2.09. The first kappa shape index (κ1) is 22.0. The van der Waals surface area contributed by atoms with Crippen molar-refractivity contribution in [3.8, 4) is 0 Å². The smallest absolute Gasteiger partial charge is 0.250 e. The summed E-state index contributed by atoms with van der Waals surface area (Å²) in [5.74, 6) is 0.570. The predicted molar refractivity (Wildman–Crippen MR) is 140 cm³/mol. The summed E-state index contributed by atoms with van der Waals surface area (Å²) in [6, 6.07) is 20.6. The van der Waals surface area contributed by atoms with Gasteiger partial charge < -0.3 is 4.57 Å². The average Bonchev–Trinajstić information content (AvgIpc) is 3.11. The molecule has 0 saturated heterocycles. The molecule has 0 unspecified atom stereocenters. The predicted octanol–water partition coefficient (Wildman–Crippen LogP) is 7.34. The highest BCUT2D eigenvalue weighted by Gasteiger charge is 2.28. The summed E-state index contributed by atoms with van der Waals surface area (Å²) in [4.78, 5) is 8.80. The minimum absolute atomic E-state index is 0.0929. The molecule has 5 aromatic rings. The number of anilines is 1. The largest absolute Gasteiger partial charge is 0.341 e. The van der Waals surface area contributed by atoms with Crippen molar-refractivity contribution in [2.24, 2.45) is 5.10 Å². The molecule has 0 aliphatic rings. The highest BCUT2D eigenvalue weighted by molar-refractivity contribution is 6.66. The molecular formula is C25H20Cl3N5. The molecule has 3 aromatic carbocycles. The standard InChI is InChI=1S/C25H20Cl3N5/c1-3-33-21-7-5-4-6-17(21)18-13-16(9-11-22(18)33)14-29-32-23-19-12-15(2)8-10-20(19)30-24(31-23)25(26,27)28/h4-14H,3H2,1-2H3,(H,30,31,32)/b29-14+. The van der Waals surface area contributed by atoms with Gasteiger partial charge >= 0.3 is 0 Å². The molecule has 1 N–H and O–H groups in total. The molecule has 0 saturated carbocycles. The van der Waals surface area contributed by atoms with Gasteiger partial charge in [0.1, 0.15) is 0 Å². The topological polar surface area (TPSA) is 55.1 Å². The van der Waals surface area contributed by atoms with Gasteiger partial charge in [0.25, 0.3) is 0 Å². The molecule has 2 aromatic heterocycles. The van der Waals surface area contributed by atoms with Crippen LogP contribution in [0.25, 0.3) is 32.7 Å². The Labute approximate surface area is 206 Å². The molecule has 0 atom stereocenters. The highest BCUT2D eigenvalue weighted by atomic mass is 35.6. The third-order valence-electron chi connectivity index (χ3n) is 5.60. The van der Waals surface area contributed by atoms with Gasteiger partial charge in [0.2, 0.25) is 3.79 Å². The zero-order valence-corrected chi connectivity index (χ0v) is 20.2. The van der Waals surface area contributed by atoms with E-state index < -0.39 is 3.79 Å². The molecule has 0 spiro atoms. The van der Waals surface area contributed by atoms with E-state index in [2.05, 4.69) is 68.4 Å². The maximum absolute atomic E-state index is 6.05. The fraction of sp³-hybridized carbons (Fsp3) is 0.160. The third kappa shape index (κ3) is 4.12. The first-order valence-corrected chi connectivity index (χ1v) is 11.6. The van der Waals surface area contributed by atoms with Crippen LogP contribution in [0.4, 0.5) is 5.82 Å². The average molecular weight is 497 g/mol. The molecule has 0 aliphatic heterocycles. The van der Waals surface area contributed by atoms with Crippen molar-refractivity contribution in [2.45, 2.75) is 24.2 Å². The van der Waals surface area contributed by atoms with Crippen LogP contribution in [0.2, 0.25) is 0 Å². The second-order valence-corrected chi connectivity index (χ2v) is 10.1. The van der Waals surface area contributed by atoms with Gasteiger partial charge in [-0.3, -0.25) is 5.43 Å². The highest BCUT2D eigenvalue weighted by Crippen LogP contribution is 2.37. The molecule has 2 heterocycles. The van der Waals surface area contributed by atoms with E-state index in [1.165, 1.54) is 21.8 Å². The van der Waals surface area contributed by atoms with Crippen LogP contribution in [0.3, 0.4) is 0 Å². The number of aryl methyl sites for hydroxylation is 2. The van der Waals surface area contributed by atoms with Gasteiger partial charge in [-0.1, -0.05) is 70.7 Å². The summed E-state index contributed by atoms with van der Waals surface area (Å²) >= 11 is 18.1. The monoisotopic (exact) mass is 495 g/mol. The van der Waals surface area contributed by atoms with E-state index in [0.29, 0.717) is 11.3 Å². The van der Waals surface area contributed by atoms with E-state index in [1.54, 1.807) is 6.21 Å². The molecule has 33 heavy (non-hydrogen) atoms. The Hall–Kier alpha value is -2.86. The lowest BCUT2D eigenvalue weighted by molar-refractivity contribution is 0.827. The first-order chi connectivity index (χ1) is 15.8. The lowest BCUT2D eigenvalue weighted by Gasteiger charge is -2.13. The van der Waals surface area contributed by atoms with E-state index >= 15 is 0 Å². The molecule has 0 amide bonds. The number of para-hydroxylation sites is 1. The summed E-state index contributed by atoms with van der Waals surface area (Å²) in [6.45, 7) is 5.06. The van der Waals surface area contributed by atoms with Gasteiger partial charge in [0, 0.05) is 33.7 Å². The van der Waals surface area contributed by atoms with Gasteiger partial charge in [-0.05, 0) is 49.7 Å². The summed E-state index contributed by atoms with van der Waals surface area (Å²) in [7, 11) is 0. The van der Waals surface area contributed by atoms with Crippen LogP contribution in [0.15, 0.2) is 65.8 Å². The van der Waals surface area contributed by atoms with Gasteiger partial charge in [-0.2, -0.15) is 5.10 Å². The van der Waals surface area contributed by atoms with E-state index in [-0.39, 0.29) is 5.82 Å². The van der Waals surface area contributed by atoms with Crippen LogP contribution in [-0.2, 0) is 10.3 Å². The minimum atomic E-state index is -1.74. The van der Waals surface area contributed by atoms with E-state index in [9.17, 15) is 0 Å². The van der Waals surface area contributed by atoms with Crippen molar-refractivity contribution in [1.29, 1.82) is 0 Å². The molecule has 0 fully saturated rings. The number of hydrazone groups is 1. The second-order valence-electron chi connectivity index (χ2n) is 7.82. The minimum Gasteiger partial charge on any atom is -0.341 e. The van der Waals surface area contributed by atoms with Crippen LogP contribution < -0.4 is 5.43 Å². The van der Waals surface area contributed by atoms with Gasteiger partial charge in [-0.15, -0.1) is 0 Å². The zero-order valence-electron chi connectivity index (χ0n) is 18.0. The number of halogens is 3. The number of hydrogen-bond donors (Lipinski definition) is 1. The zero-order chi connectivity index (χ0) is 23.2. The van der Waals surface area contributed by atoms with Gasteiger partial charge in [0.15, 0.2) is 11.6 Å². The van der Waals surface area contributed by atoms with Crippen LogP contribution in [0.1, 0.15) is 23.9 Å². The quantitative estimate of drug-likeness (QED) is 0.161. The van der Waals surface area contributed by atoms with E-state index in [0.717, 1.165) is 23.1 Å². The van der Waals surface area contributed by atoms with Gasteiger partial charge in [0.05, 0.1) is 11.7 Å². The van der Waals surface area contributed by atoms with Crippen molar-refractivity contribution in [1.82, 2.24) is 14.5 Å². The molecule has 5 nitrogen and oxygen atoms in total. The Morgan fingerprint density at radius 2 is 1.73 bits per heavy atom. The Kier molecular flexibility index (Phi) is 5.65. The fourth-order valence-corrected chi connectivity index (χ4v) is 4.37. The molecular weight excluding hydrogens is 477 g/mol.